The average Bonchev–Trinajstić information content (AvgIpc) is 2.34. The highest BCUT2D eigenvalue weighted by atomic mass is 16.4. The number of hydrogen-bond acceptors (Lipinski definition) is 10. The number of nitrogens with two attached hydrogens (primary N) is 1. The molecule has 0 spiro atoms. The standard InChI is InChI=1S/C6H8O7.C5H9NO4.3H3N/c7-3(8)1-6(13,5(11)12)2-4(9)10;6-3(5(9)10)1-2-4(7)8;;;/h13H,1-2H2,(H,7,8)(H,9,10)(H,11,12);3H,1-2,6H2,(H,7,8)(H,9,10);3*1H3/t;3-;;;/m.0.../s1. The molecule has 0 fully saturated rings. The fourth-order valence-electron chi connectivity index (χ4n) is 1.09. The van der Waals surface area contributed by atoms with E-state index in [2.05, 4.69) is 0 Å². The van der Waals surface area contributed by atoms with E-state index in [-0.39, 0.29) is 31.3 Å². The predicted molar refractivity (Wildman–Crippen MR) is 79.6 cm³/mol. The zero-order chi connectivity index (χ0) is 18.8. The van der Waals surface area contributed by atoms with Crippen LogP contribution in [0.2, 0.25) is 0 Å². The molecule has 0 aromatic rings. The molecule has 15 nitrogen and oxygen atoms in total. The van der Waals surface area contributed by atoms with Gasteiger partial charge in [-0.05, 0) is 6.42 Å². The van der Waals surface area contributed by atoms with Gasteiger partial charge in [0.2, 0.25) is 0 Å². The summed E-state index contributed by atoms with van der Waals surface area (Å²) in [5, 5.41) is 55.2. The molecule has 17 N–H and O–H groups in total. The lowest BCUT2D eigenvalue weighted by Gasteiger charge is -2.29. The van der Waals surface area contributed by atoms with Crippen molar-refractivity contribution in [3.63, 3.8) is 0 Å². The zero-order valence-electron chi connectivity index (χ0n) is 14.6. The van der Waals surface area contributed by atoms with Gasteiger partial charge in [-0.25, -0.2) is 0 Å². The van der Waals surface area contributed by atoms with Gasteiger partial charge < -0.3 is 69.2 Å². The van der Waals surface area contributed by atoms with E-state index in [1.165, 1.54) is 0 Å². The molecule has 0 unspecified atom stereocenters. The number of aliphatic hydroxyl groups is 1. The van der Waals surface area contributed by atoms with Crippen LogP contribution < -0.4 is 39.5 Å². The summed E-state index contributed by atoms with van der Waals surface area (Å²) in [4.78, 5) is 49.9. The van der Waals surface area contributed by atoms with Crippen molar-refractivity contribution in [2.75, 3.05) is 0 Å². The number of hydrogen-bond donors (Lipinski definition) is 7. The van der Waals surface area contributed by atoms with E-state index in [1.807, 2.05) is 0 Å². The molecule has 0 bridgehead atoms. The van der Waals surface area contributed by atoms with Crippen LogP contribution in [0.4, 0.5) is 0 Å². The highest BCUT2D eigenvalue weighted by Gasteiger charge is 2.29. The maximum Gasteiger partial charge on any atom is 0.320 e. The topological polar surface area (TPSA) is 351 Å². The molecule has 0 radical (unpaired) electrons. The third-order valence-corrected chi connectivity index (χ3v) is 2.24. The predicted octanol–water partition coefficient (Wildman–Crippen LogP) is -4.86. The first kappa shape index (κ1) is 34.5. The van der Waals surface area contributed by atoms with Crippen LogP contribution in [0, 0.1) is 0 Å². The average molecular weight is 390 g/mol. The largest absolute Gasteiger partial charge is 0.550 e. The van der Waals surface area contributed by atoms with Crippen LogP contribution in [0.5, 0.6) is 0 Å². The minimum atomic E-state index is -2.97. The summed E-state index contributed by atoms with van der Waals surface area (Å²) in [5.74, 6) is -8.18. The van der Waals surface area contributed by atoms with Crippen molar-refractivity contribution < 1.29 is 54.6 Å². The molecular formula is C11H26N4O11. The molecule has 1 atom stereocenters. The molecule has 0 saturated heterocycles. The zero-order valence-corrected chi connectivity index (χ0v) is 14.6. The minimum Gasteiger partial charge on any atom is -0.550 e. The molecule has 156 valence electrons. The molecule has 15 heteroatoms. The Morgan fingerprint density at radius 2 is 1.23 bits per heavy atom. The smallest absolute Gasteiger partial charge is 0.320 e. The van der Waals surface area contributed by atoms with Crippen LogP contribution in [-0.4, -0.2) is 56.8 Å². The first-order valence-corrected chi connectivity index (χ1v) is 5.85. The first-order valence-electron chi connectivity index (χ1n) is 5.85. The van der Waals surface area contributed by atoms with Crippen LogP contribution in [-0.2, 0) is 24.0 Å². The van der Waals surface area contributed by atoms with Gasteiger partial charge in [0.25, 0.3) is 0 Å². The van der Waals surface area contributed by atoms with Crippen molar-refractivity contribution in [3.8, 4) is 0 Å². The summed E-state index contributed by atoms with van der Waals surface area (Å²) in [7, 11) is 0. The van der Waals surface area contributed by atoms with Crippen molar-refractivity contribution >= 4 is 29.8 Å². The van der Waals surface area contributed by atoms with Crippen LogP contribution in [0.25, 0.3) is 0 Å². The number of carbonyl (C=O) groups is 5. The van der Waals surface area contributed by atoms with Crippen molar-refractivity contribution in [1.29, 1.82) is 0 Å². The monoisotopic (exact) mass is 390 g/mol. The summed E-state index contributed by atoms with van der Waals surface area (Å²) in [6, 6.07) is -1.06. The summed E-state index contributed by atoms with van der Waals surface area (Å²) >= 11 is 0. The molecule has 0 aliphatic carbocycles. The minimum absolute atomic E-state index is 0. The van der Waals surface area contributed by atoms with Crippen LogP contribution >= 0.6 is 0 Å². The van der Waals surface area contributed by atoms with Gasteiger partial charge in [0, 0.05) is 31.2 Å². The van der Waals surface area contributed by atoms with Gasteiger partial charge in [-0.15, -0.1) is 0 Å². The fraction of sp³-hybridized carbons (Fsp3) is 0.545. The molecule has 0 aromatic heterocycles. The maximum atomic E-state index is 10.1. The quantitative estimate of drug-likeness (QED) is 0.195. The van der Waals surface area contributed by atoms with Gasteiger partial charge in [0.15, 0.2) is 0 Å². The third-order valence-electron chi connectivity index (χ3n) is 2.24. The van der Waals surface area contributed by atoms with Crippen molar-refractivity contribution in [1.82, 2.24) is 18.5 Å². The highest BCUT2D eigenvalue weighted by Crippen LogP contribution is 2.13. The summed E-state index contributed by atoms with van der Waals surface area (Å²) < 4.78 is 0. The Kier molecular flexibility index (Phi) is 20.8. The molecule has 0 rings (SSSR count). The van der Waals surface area contributed by atoms with E-state index < -0.39 is 54.3 Å². The Hall–Kier alpha value is -2.85. The van der Waals surface area contributed by atoms with E-state index in [1.54, 1.807) is 0 Å². The lowest BCUT2D eigenvalue weighted by molar-refractivity contribution is -0.339. The maximum absolute atomic E-state index is 10.1. The molecular weight excluding hydrogens is 364 g/mol. The number of quaternary nitrogens is 3. The number of carboxylic acid groups (broad SMARTS) is 5. The number of carboxylic acids is 5. The van der Waals surface area contributed by atoms with Gasteiger partial charge in [-0.2, -0.15) is 0 Å². The van der Waals surface area contributed by atoms with Crippen LogP contribution in [0.15, 0.2) is 0 Å². The second-order valence-electron chi connectivity index (χ2n) is 4.29. The van der Waals surface area contributed by atoms with Gasteiger partial charge in [-0.1, -0.05) is 0 Å². The summed E-state index contributed by atoms with van der Waals surface area (Å²) in [6.45, 7) is 0. The Balaban J connectivity index is -0.000000104. The molecule has 0 amide bonds. The molecule has 0 heterocycles. The number of aliphatic carboxylic acids is 5. The Morgan fingerprint density at radius 3 is 1.42 bits per heavy atom. The first-order chi connectivity index (χ1) is 10.3. The lowest BCUT2D eigenvalue weighted by Crippen LogP contribution is -2.54. The molecule has 0 aromatic carbocycles. The lowest BCUT2D eigenvalue weighted by atomic mass is 9.96. The molecule has 0 aliphatic heterocycles. The Labute approximate surface area is 147 Å². The Bertz CT molecular complexity index is 467. The molecule has 0 saturated carbocycles. The van der Waals surface area contributed by atoms with E-state index in [0.717, 1.165) is 0 Å². The number of carbonyl (C=O) groups excluding carboxylic acids is 3. The van der Waals surface area contributed by atoms with Gasteiger partial charge in [0.1, 0.15) is 11.6 Å². The summed E-state index contributed by atoms with van der Waals surface area (Å²) in [6.07, 6.45) is -2.94. The number of rotatable bonds is 9. The van der Waals surface area contributed by atoms with Gasteiger partial charge in [-0.3, -0.25) is 9.59 Å². The van der Waals surface area contributed by atoms with Gasteiger partial charge >= 0.3 is 11.9 Å². The SMILES string of the molecule is N[C@@H](CCC(=O)O)C(=O)O.O=C([O-])CC(O)(CC(=O)[O-])C(=O)[O-].[NH4+].[NH4+].[NH4+]. The Morgan fingerprint density at radius 1 is 0.885 bits per heavy atom. The molecule has 26 heavy (non-hydrogen) atoms. The van der Waals surface area contributed by atoms with E-state index in [4.69, 9.17) is 21.1 Å². The normalized spacial score (nSPS) is 10.2. The van der Waals surface area contributed by atoms with Crippen molar-refractivity contribution in [2.24, 2.45) is 5.73 Å². The van der Waals surface area contributed by atoms with E-state index in [0.29, 0.717) is 0 Å². The van der Waals surface area contributed by atoms with Crippen LogP contribution in [0.3, 0.4) is 0 Å². The van der Waals surface area contributed by atoms with Crippen molar-refractivity contribution in [2.45, 2.75) is 37.3 Å². The van der Waals surface area contributed by atoms with Crippen molar-refractivity contribution in [3.05, 3.63) is 0 Å². The van der Waals surface area contributed by atoms with E-state index >= 15 is 0 Å². The van der Waals surface area contributed by atoms with Crippen LogP contribution in [0.1, 0.15) is 25.7 Å². The third kappa shape index (κ3) is 17.5. The highest BCUT2D eigenvalue weighted by molar-refractivity contribution is 5.86. The fourth-order valence-corrected chi connectivity index (χ4v) is 1.09. The second-order valence-corrected chi connectivity index (χ2v) is 4.29. The van der Waals surface area contributed by atoms with Gasteiger partial charge in [0.05, 0.1) is 5.97 Å². The molecule has 0 aliphatic rings. The second kappa shape index (κ2) is 15.7. The van der Waals surface area contributed by atoms with E-state index in [9.17, 15) is 39.3 Å². The summed E-state index contributed by atoms with van der Waals surface area (Å²) in [5.41, 5.74) is 2.03.